The van der Waals surface area contributed by atoms with Crippen LogP contribution in [0, 0.1) is 6.92 Å². The molecule has 1 unspecified atom stereocenters. The van der Waals surface area contributed by atoms with Crippen LogP contribution >= 0.6 is 0 Å². The fourth-order valence-corrected chi connectivity index (χ4v) is 4.79. The van der Waals surface area contributed by atoms with Gasteiger partial charge in [0.05, 0.1) is 11.8 Å². The number of H-pyrrole nitrogens is 1. The zero-order valence-corrected chi connectivity index (χ0v) is 22.0. The first kappa shape index (κ1) is 27.1. The van der Waals surface area contributed by atoms with Crippen LogP contribution in [0.5, 0.6) is 0 Å². The molecule has 0 saturated carbocycles. The molecule has 1 rings (SSSR count). The Kier molecular flexibility index (Phi) is 11.6. The molecule has 0 amide bonds. The third-order valence-electron chi connectivity index (χ3n) is 6.84. The standard InChI is InChI=1S/C25H47NO3Si/c1-9-10-11-12-13-14-17-23(28-6)24-20(2)21(22(19-27)26-24)16-15-18-29-30(7,8)25(3,4)5/h19,23,26H,9-18H2,1-8H3. The van der Waals surface area contributed by atoms with Crippen molar-refractivity contribution < 1.29 is 14.0 Å². The van der Waals surface area contributed by atoms with E-state index >= 15 is 0 Å². The number of hydrogen-bond donors (Lipinski definition) is 1. The molecule has 0 bridgehead atoms. The summed E-state index contributed by atoms with van der Waals surface area (Å²) < 4.78 is 12.1. The molecule has 4 nitrogen and oxygen atoms in total. The summed E-state index contributed by atoms with van der Waals surface area (Å²) in [6, 6.07) is 0. The molecule has 1 atom stereocenters. The number of ether oxygens (including phenoxy) is 1. The van der Waals surface area contributed by atoms with Crippen molar-refractivity contribution in [2.75, 3.05) is 13.7 Å². The number of nitrogens with one attached hydrogen (secondary N) is 1. The number of aldehydes is 1. The molecule has 1 aromatic rings. The highest BCUT2D eigenvalue weighted by Crippen LogP contribution is 2.36. The van der Waals surface area contributed by atoms with Gasteiger partial charge in [-0.2, -0.15) is 0 Å². The predicted molar refractivity (Wildman–Crippen MR) is 130 cm³/mol. The minimum atomic E-state index is -1.72. The molecule has 1 N–H and O–H groups in total. The van der Waals surface area contributed by atoms with Crippen LogP contribution in [0.3, 0.4) is 0 Å². The van der Waals surface area contributed by atoms with Gasteiger partial charge in [0.25, 0.3) is 0 Å². The Morgan fingerprint density at radius 2 is 1.70 bits per heavy atom. The highest BCUT2D eigenvalue weighted by atomic mass is 28.4. The minimum Gasteiger partial charge on any atom is -0.417 e. The largest absolute Gasteiger partial charge is 0.417 e. The van der Waals surface area contributed by atoms with Gasteiger partial charge < -0.3 is 14.1 Å². The van der Waals surface area contributed by atoms with Gasteiger partial charge in [0, 0.05) is 19.4 Å². The van der Waals surface area contributed by atoms with E-state index in [-0.39, 0.29) is 11.1 Å². The number of carbonyl (C=O) groups is 1. The molecule has 1 aromatic heterocycles. The number of unbranched alkanes of at least 4 members (excludes halogenated alkanes) is 5. The minimum absolute atomic E-state index is 0.0344. The first-order chi connectivity index (χ1) is 14.1. The van der Waals surface area contributed by atoms with E-state index in [4.69, 9.17) is 9.16 Å². The third kappa shape index (κ3) is 7.97. The second kappa shape index (κ2) is 12.8. The summed E-state index contributed by atoms with van der Waals surface area (Å²) in [5.74, 6) is 0. The van der Waals surface area contributed by atoms with Crippen molar-refractivity contribution in [3.8, 4) is 0 Å². The smallest absolute Gasteiger partial charge is 0.191 e. The topological polar surface area (TPSA) is 51.3 Å². The van der Waals surface area contributed by atoms with Gasteiger partial charge >= 0.3 is 0 Å². The van der Waals surface area contributed by atoms with Crippen molar-refractivity contribution in [3.63, 3.8) is 0 Å². The SMILES string of the molecule is CCCCCCCCC(OC)c1[nH]c(C=O)c(CCCO[Si](C)(C)C(C)(C)C)c1C. The van der Waals surface area contributed by atoms with E-state index in [2.05, 4.69) is 52.7 Å². The van der Waals surface area contributed by atoms with E-state index in [0.717, 1.165) is 49.8 Å². The molecule has 30 heavy (non-hydrogen) atoms. The maximum absolute atomic E-state index is 11.7. The summed E-state index contributed by atoms with van der Waals surface area (Å²) in [6.45, 7) is 16.5. The number of hydrogen-bond acceptors (Lipinski definition) is 3. The molecule has 0 radical (unpaired) electrons. The Balaban J connectivity index is 2.68. The number of carbonyl (C=O) groups excluding carboxylic acids is 1. The average Bonchev–Trinajstić information content (AvgIpc) is 2.99. The van der Waals surface area contributed by atoms with Crippen LogP contribution in [-0.2, 0) is 15.6 Å². The van der Waals surface area contributed by atoms with Crippen LogP contribution in [-0.4, -0.2) is 33.3 Å². The summed E-state index contributed by atoms with van der Waals surface area (Å²) >= 11 is 0. The second-order valence-electron chi connectivity index (χ2n) is 10.2. The van der Waals surface area contributed by atoms with Crippen molar-refractivity contribution in [1.29, 1.82) is 0 Å². The highest BCUT2D eigenvalue weighted by Gasteiger charge is 2.36. The molecule has 174 valence electrons. The van der Waals surface area contributed by atoms with Crippen LogP contribution in [0.25, 0.3) is 0 Å². The van der Waals surface area contributed by atoms with E-state index in [0.29, 0.717) is 5.69 Å². The molecule has 5 heteroatoms. The summed E-state index contributed by atoms with van der Waals surface area (Å²) in [4.78, 5) is 15.1. The first-order valence-corrected chi connectivity index (χ1v) is 14.8. The summed E-state index contributed by atoms with van der Waals surface area (Å²) in [5.41, 5.74) is 4.10. The van der Waals surface area contributed by atoms with E-state index in [9.17, 15) is 4.79 Å². The fraction of sp³-hybridized carbons (Fsp3) is 0.800. The lowest BCUT2D eigenvalue weighted by Crippen LogP contribution is -2.41. The van der Waals surface area contributed by atoms with Crippen molar-refractivity contribution in [1.82, 2.24) is 4.98 Å². The maximum Gasteiger partial charge on any atom is 0.191 e. The van der Waals surface area contributed by atoms with E-state index in [1.54, 1.807) is 7.11 Å². The Morgan fingerprint density at radius 1 is 1.07 bits per heavy atom. The molecule has 0 aliphatic carbocycles. The highest BCUT2D eigenvalue weighted by molar-refractivity contribution is 6.74. The predicted octanol–water partition coefficient (Wildman–Crippen LogP) is 7.53. The Bertz CT molecular complexity index is 631. The Labute approximate surface area is 186 Å². The Hall–Kier alpha value is -0.913. The third-order valence-corrected chi connectivity index (χ3v) is 11.4. The van der Waals surface area contributed by atoms with Gasteiger partial charge in [-0.25, -0.2) is 0 Å². The molecule has 0 aromatic carbocycles. The zero-order valence-electron chi connectivity index (χ0n) is 21.0. The molecule has 0 fully saturated rings. The van der Waals surface area contributed by atoms with Crippen LogP contribution in [0.1, 0.15) is 112 Å². The van der Waals surface area contributed by atoms with Gasteiger partial charge in [0.2, 0.25) is 0 Å². The van der Waals surface area contributed by atoms with Crippen LogP contribution in [0.15, 0.2) is 0 Å². The lowest BCUT2D eigenvalue weighted by Gasteiger charge is -2.36. The van der Waals surface area contributed by atoms with Crippen LogP contribution in [0.2, 0.25) is 18.1 Å². The molecular weight excluding hydrogens is 390 g/mol. The van der Waals surface area contributed by atoms with Gasteiger partial charge in [0.1, 0.15) is 0 Å². The van der Waals surface area contributed by atoms with Gasteiger partial charge in [-0.05, 0) is 55.4 Å². The lowest BCUT2D eigenvalue weighted by molar-refractivity contribution is 0.0893. The van der Waals surface area contributed by atoms with Gasteiger partial charge in [-0.3, -0.25) is 4.79 Å². The Morgan fingerprint density at radius 3 is 2.27 bits per heavy atom. The van der Waals surface area contributed by atoms with Crippen LogP contribution in [0.4, 0.5) is 0 Å². The second-order valence-corrected chi connectivity index (χ2v) is 15.0. The monoisotopic (exact) mass is 437 g/mol. The number of aromatic amines is 1. The van der Waals surface area contributed by atoms with Crippen molar-refractivity contribution in [2.24, 2.45) is 0 Å². The quantitative estimate of drug-likeness (QED) is 0.175. The zero-order chi connectivity index (χ0) is 22.8. The van der Waals surface area contributed by atoms with E-state index in [1.807, 2.05) is 0 Å². The summed E-state index contributed by atoms with van der Waals surface area (Å²) in [5, 5.41) is 0.223. The molecule has 0 aliphatic rings. The maximum atomic E-state index is 11.7. The van der Waals surface area contributed by atoms with Crippen molar-refractivity contribution in [2.45, 2.75) is 117 Å². The molecular formula is C25H47NO3Si. The molecule has 0 spiro atoms. The number of rotatable bonds is 15. The fourth-order valence-electron chi connectivity index (χ4n) is 3.71. The summed E-state index contributed by atoms with van der Waals surface area (Å²) in [6.07, 6.45) is 11.4. The molecule has 0 aliphatic heterocycles. The van der Waals surface area contributed by atoms with E-state index in [1.165, 1.54) is 37.7 Å². The average molecular weight is 438 g/mol. The number of aromatic nitrogens is 1. The van der Waals surface area contributed by atoms with Gasteiger partial charge in [-0.15, -0.1) is 0 Å². The van der Waals surface area contributed by atoms with Gasteiger partial charge in [0.15, 0.2) is 14.6 Å². The normalized spacial score (nSPS) is 13.6. The van der Waals surface area contributed by atoms with E-state index < -0.39 is 8.32 Å². The van der Waals surface area contributed by atoms with Crippen molar-refractivity contribution >= 4 is 14.6 Å². The molecule has 1 heterocycles. The molecule has 0 saturated heterocycles. The summed E-state index contributed by atoms with van der Waals surface area (Å²) in [7, 11) is 0.0514. The first-order valence-electron chi connectivity index (χ1n) is 11.9. The lowest BCUT2D eigenvalue weighted by atomic mass is 10.00. The van der Waals surface area contributed by atoms with Crippen LogP contribution < -0.4 is 0 Å². The van der Waals surface area contributed by atoms with Gasteiger partial charge in [-0.1, -0.05) is 66.2 Å². The number of methoxy groups -OCH3 is 1. The van der Waals surface area contributed by atoms with Crippen molar-refractivity contribution in [3.05, 3.63) is 22.5 Å².